The molecule has 0 saturated heterocycles. The molecule has 0 saturated carbocycles. The predicted octanol–water partition coefficient (Wildman–Crippen LogP) is 1.30. The zero-order valence-electron chi connectivity index (χ0n) is 8.04. The Morgan fingerprint density at radius 1 is 1.67 bits per heavy atom. The number of methoxy groups -OCH3 is 1. The Morgan fingerprint density at radius 2 is 2.33 bits per heavy atom. The van der Waals surface area contributed by atoms with E-state index in [4.69, 9.17) is 10.5 Å². The lowest BCUT2D eigenvalue weighted by atomic mass is 10.1. The number of carbonyl (C=O) groups excluding carboxylic acids is 1. The van der Waals surface area contributed by atoms with Gasteiger partial charge in [0.1, 0.15) is 5.69 Å². The molecule has 0 fully saturated rings. The number of rotatable bonds is 4. The van der Waals surface area contributed by atoms with Gasteiger partial charge in [0.25, 0.3) is 6.43 Å². The first-order valence-corrected chi connectivity index (χ1v) is 4.15. The molecular weight excluding hydrogens is 206 g/mol. The van der Waals surface area contributed by atoms with Crippen LogP contribution in [-0.4, -0.2) is 18.4 Å². The fourth-order valence-electron chi connectivity index (χ4n) is 1.18. The molecule has 0 bridgehead atoms. The molecule has 0 aliphatic heterocycles. The second-order valence-electron chi connectivity index (χ2n) is 2.75. The minimum absolute atomic E-state index is 0.00770. The fraction of sp³-hybridized carbons (Fsp3) is 0.333. The van der Waals surface area contributed by atoms with Crippen LogP contribution >= 0.6 is 0 Å². The van der Waals surface area contributed by atoms with Gasteiger partial charge in [-0.25, -0.2) is 13.8 Å². The first-order chi connectivity index (χ1) is 7.13. The number of pyridine rings is 1. The quantitative estimate of drug-likeness (QED) is 0.770. The maximum atomic E-state index is 12.4. The van der Waals surface area contributed by atoms with Gasteiger partial charge in [-0.05, 0) is 6.07 Å². The van der Waals surface area contributed by atoms with Gasteiger partial charge in [-0.3, -0.25) is 4.79 Å². The van der Waals surface area contributed by atoms with Gasteiger partial charge in [0.05, 0.1) is 7.11 Å². The number of nitrogens with two attached hydrogens (primary N) is 1. The number of hydrogen-bond donors (Lipinski definition) is 1. The second kappa shape index (κ2) is 4.79. The highest BCUT2D eigenvalue weighted by Crippen LogP contribution is 2.25. The van der Waals surface area contributed by atoms with E-state index in [2.05, 4.69) is 4.98 Å². The molecule has 0 aliphatic carbocycles. The van der Waals surface area contributed by atoms with E-state index in [1.54, 1.807) is 0 Å². The summed E-state index contributed by atoms with van der Waals surface area (Å²) in [4.78, 5) is 14.2. The molecule has 6 heteroatoms. The van der Waals surface area contributed by atoms with E-state index in [9.17, 15) is 13.6 Å². The van der Waals surface area contributed by atoms with Crippen LogP contribution in [0.1, 0.15) is 28.0 Å². The summed E-state index contributed by atoms with van der Waals surface area (Å²) < 4.78 is 29.5. The van der Waals surface area contributed by atoms with Crippen LogP contribution in [0.3, 0.4) is 0 Å². The molecule has 4 nitrogen and oxygen atoms in total. The summed E-state index contributed by atoms with van der Waals surface area (Å²) in [5.74, 6) is -0.0302. The van der Waals surface area contributed by atoms with Crippen molar-refractivity contribution < 1.29 is 18.3 Å². The third-order valence-electron chi connectivity index (χ3n) is 1.89. The number of aldehydes is 1. The summed E-state index contributed by atoms with van der Waals surface area (Å²) in [6.07, 6.45) is -2.29. The third kappa shape index (κ3) is 2.27. The van der Waals surface area contributed by atoms with Crippen LogP contribution in [0.25, 0.3) is 0 Å². The highest BCUT2D eigenvalue weighted by atomic mass is 19.3. The number of carbonyl (C=O) groups is 1. The standard InChI is InChI=1S/C9H10F2N2O2/c1-15-9-6(3-12)5(4-14)2-7(13-9)8(10)11/h2,4,8H,3,12H2,1H3. The number of nitrogens with zero attached hydrogens (tertiary/aromatic N) is 1. The van der Waals surface area contributed by atoms with E-state index in [1.165, 1.54) is 7.11 Å². The van der Waals surface area contributed by atoms with Crippen molar-refractivity contribution in [3.63, 3.8) is 0 Å². The number of halogens is 2. The maximum Gasteiger partial charge on any atom is 0.280 e. The van der Waals surface area contributed by atoms with Crippen molar-refractivity contribution in [2.24, 2.45) is 5.73 Å². The van der Waals surface area contributed by atoms with E-state index < -0.39 is 12.1 Å². The molecule has 1 aromatic rings. The van der Waals surface area contributed by atoms with E-state index in [-0.39, 0.29) is 18.0 Å². The number of aromatic nitrogens is 1. The molecule has 2 N–H and O–H groups in total. The maximum absolute atomic E-state index is 12.4. The molecule has 0 aliphatic rings. The lowest BCUT2D eigenvalue weighted by Gasteiger charge is -2.10. The normalized spacial score (nSPS) is 10.5. The van der Waals surface area contributed by atoms with Gasteiger partial charge in [0.15, 0.2) is 6.29 Å². The van der Waals surface area contributed by atoms with Crippen LogP contribution in [0.4, 0.5) is 8.78 Å². The van der Waals surface area contributed by atoms with Crippen LogP contribution < -0.4 is 10.5 Å². The topological polar surface area (TPSA) is 65.2 Å². The molecule has 0 unspecified atom stereocenters. The molecule has 0 atom stereocenters. The number of alkyl halides is 2. The van der Waals surface area contributed by atoms with Crippen LogP contribution in [0.2, 0.25) is 0 Å². The van der Waals surface area contributed by atoms with Crippen molar-refractivity contribution in [3.8, 4) is 5.88 Å². The molecule has 1 rings (SSSR count). The molecule has 0 radical (unpaired) electrons. The van der Waals surface area contributed by atoms with Crippen LogP contribution in [-0.2, 0) is 6.54 Å². The van der Waals surface area contributed by atoms with Crippen molar-refractivity contribution in [1.29, 1.82) is 0 Å². The zero-order valence-corrected chi connectivity index (χ0v) is 8.04. The Bertz CT molecular complexity index is 369. The molecule has 1 aromatic heterocycles. The van der Waals surface area contributed by atoms with Gasteiger partial charge in [-0.1, -0.05) is 0 Å². The Kier molecular flexibility index (Phi) is 3.68. The summed E-state index contributed by atoms with van der Waals surface area (Å²) in [5.41, 5.74) is 5.28. The summed E-state index contributed by atoms with van der Waals surface area (Å²) in [7, 11) is 1.28. The second-order valence-corrected chi connectivity index (χ2v) is 2.75. The Hall–Kier alpha value is -1.56. The highest BCUT2D eigenvalue weighted by Gasteiger charge is 2.16. The summed E-state index contributed by atoms with van der Waals surface area (Å²) in [6, 6.07) is 1.02. The minimum atomic E-state index is -2.75. The van der Waals surface area contributed by atoms with Crippen molar-refractivity contribution in [2.75, 3.05) is 7.11 Å². The monoisotopic (exact) mass is 216 g/mol. The van der Waals surface area contributed by atoms with Crippen LogP contribution in [0, 0.1) is 0 Å². The lowest BCUT2D eigenvalue weighted by Crippen LogP contribution is -2.08. The number of hydrogen-bond acceptors (Lipinski definition) is 4. The van der Waals surface area contributed by atoms with Gasteiger partial charge in [-0.2, -0.15) is 0 Å². The molecule has 1 heterocycles. The van der Waals surface area contributed by atoms with Crippen LogP contribution in [0.15, 0.2) is 6.07 Å². The van der Waals surface area contributed by atoms with Crippen molar-refractivity contribution in [2.45, 2.75) is 13.0 Å². The summed E-state index contributed by atoms with van der Waals surface area (Å²) in [6.45, 7) is 0.00770. The largest absolute Gasteiger partial charge is 0.481 e. The fourth-order valence-corrected chi connectivity index (χ4v) is 1.18. The first kappa shape index (κ1) is 11.5. The Labute approximate surface area is 85.1 Å². The Morgan fingerprint density at radius 3 is 2.73 bits per heavy atom. The van der Waals surface area contributed by atoms with Gasteiger partial charge in [0, 0.05) is 17.7 Å². The molecule has 0 spiro atoms. The van der Waals surface area contributed by atoms with E-state index in [0.29, 0.717) is 11.8 Å². The van der Waals surface area contributed by atoms with E-state index in [1.807, 2.05) is 0 Å². The number of ether oxygens (including phenoxy) is 1. The Balaban J connectivity index is 3.35. The van der Waals surface area contributed by atoms with Crippen molar-refractivity contribution in [3.05, 3.63) is 22.9 Å². The van der Waals surface area contributed by atoms with E-state index >= 15 is 0 Å². The van der Waals surface area contributed by atoms with Crippen molar-refractivity contribution in [1.82, 2.24) is 4.98 Å². The van der Waals surface area contributed by atoms with Gasteiger partial charge in [-0.15, -0.1) is 0 Å². The molecule has 82 valence electrons. The zero-order chi connectivity index (χ0) is 11.4. The average molecular weight is 216 g/mol. The van der Waals surface area contributed by atoms with Gasteiger partial charge in [0.2, 0.25) is 5.88 Å². The molecule has 15 heavy (non-hydrogen) atoms. The third-order valence-corrected chi connectivity index (χ3v) is 1.89. The SMILES string of the molecule is COc1nc(C(F)F)cc(C=O)c1CN. The molecule has 0 aromatic carbocycles. The van der Waals surface area contributed by atoms with Gasteiger partial charge < -0.3 is 10.5 Å². The average Bonchev–Trinajstić information content (AvgIpc) is 2.26. The summed E-state index contributed by atoms with van der Waals surface area (Å²) >= 11 is 0. The van der Waals surface area contributed by atoms with Crippen molar-refractivity contribution >= 4 is 6.29 Å². The summed E-state index contributed by atoms with van der Waals surface area (Å²) in [5, 5.41) is 0. The minimum Gasteiger partial charge on any atom is -0.481 e. The lowest BCUT2D eigenvalue weighted by molar-refractivity contribution is 0.112. The molecular formula is C9H10F2N2O2. The predicted molar refractivity (Wildman–Crippen MR) is 49.0 cm³/mol. The smallest absolute Gasteiger partial charge is 0.280 e. The highest BCUT2D eigenvalue weighted by molar-refractivity contribution is 5.78. The van der Waals surface area contributed by atoms with E-state index in [0.717, 1.165) is 6.07 Å². The van der Waals surface area contributed by atoms with Gasteiger partial charge >= 0.3 is 0 Å². The van der Waals surface area contributed by atoms with Crippen LogP contribution in [0.5, 0.6) is 5.88 Å². The molecule has 0 amide bonds. The first-order valence-electron chi connectivity index (χ1n) is 4.15.